The first-order chi connectivity index (χ1) is 18.7. The van der Waals surface area contributed by atoms with Gasteiger partial charge in [0.1, 0.15) is 11.6 Å². The maximum Gasteiger partial charge on any atom is 0.349 e. The van der Waals surface area contributed by atoms with E-state index in [0.29, 0.717) is 18.2 Å². The molecular weight excluding hydrogens is 498 g/mol. The Morgan fingerprint density at radius 1 is 1.03 bits per heavy atom. The lowest BCUT2D eigenvalue weighted by Crippen LogP contribution is -2.37. The van der Waals surface area contributed by atoms with E-state index < -0.39 is 23.5 Å². The van der Waals surface area contributed by atoms with Gasteiger partial charge < -0.3 is 20.1 Å². The van der Waals surface area contributed by atoms with E-state index in [-0.39, 0.29) is 6.54 Å². The van der Waals surface area contributed by atoms with Crippen LogP contribution in [0.1, 0.15) is 42.6 Å². The summed E-state index contributed by atoms with van der Waals surface area (Å²) in [6.07, 6.45) is 3.94. The highest BCUT2D eigenvalue weighted by molar-refractivity contribution is 5.74. The summed E-state index contributed by atoms with van der Waals surface area (Å²) in [7, 11) is 0. The summed E-state index contributed by atoms with van der Waals surface area (Å²) in [5.41, 5.74) is 3.43. The Hall–Kier alpha value is -4.47. The first-order valence-corrected chi connectivity index (χ1v) is 12.9. The number of rotatable bonds is 7. The monoisotopic (exact) mass is 531 g/mol. The fraction of sp³-hybridized carbons (Fsp3) is 0.345. The molecule has 0 bridgehead atoms. The van der Waals surface area contributed by atoms with E-state index in [1.165, 1.54) is 4.57 Å². The average molecular weight is 532 g/mol. The zero-order chi connectivity index (χ0) is 27.9. The quantitative estimate of drug-likeness (QED) is 0.327. The number of imidazole rings is 1. The summed E-state index contributed by atoms with van der Waals surface area (Å²) in [5.74, 6) is -0.418. The number of benzene rings is 2. The molecule has 0 aliphatic carbocycles. The molecule has 4 aromatic rings. The first-order valence-electron chi connectivity index (χ1n) is 12.9. The fourth-order valence-corrected chi connectivity index (χ4v) is 4.94. The Kier molecular flexibility index (Phi) is 8.75. The second-order valence-corrected chi connectivity index (χ2v) is 9.83. The summed E-state index contributed by atoms with van der Waals surface area (Å²) in [4.78, 5) is 48.4. The standard InChI is InChI=1S/C27H29N5O3.C2H4O2/c1-18-16-32(17-21(26(33)34)15-19-7-3-2-4-8-19)27(35)30-25(18)31-13-11-20(12-14-31)24-28-22-9-5-6-10-23(22)29-24;1-2(3)4/h2-10,16,20-21H,11-15,17H2,1H3,(H,28,29)(H,33,34);1H3,(H,3,4)/t21-;/m0./s1. The summed E-state index contributed by atoms with van der Waals surface area (Å²) < 4.78 is 1.43. The molecule has 2 aromatic carbocycles. The van der Waals surface area contributed by atoms with Gasteiger partial charge in [-0.05, 0) is 43.9 Å². The Morgan fingerprint density at radius 2 is 1.67 bits per heavy atom. The number of fused-ring (bicyclic) bond motifs is 1. The first kappa shape index (κ1) is 27.6. The number of carboxylic acids is 2. The van der Waals surface area contributed by atoms with Gasteiger partial charge in [0.05, 0.1) is 17.0 Å². The smallest absolute Gasteiger partial charge is 0.349 e. The third-order valence-corrected chi connectivity index (χ3v) is 6.83. The van der Waals surface area contributed by atoms with Crippen LogP contribution in [0.25, 0.3) is 11.0 Å². The summed E-state index contributed by atoms with van der Waals surface area (Å²) in [6, 6.07) is 17.5. The minimum absolute atomic E-state index is 0.0886. The van der Waals surface area contributed by atoms with Gasteiger partial charge in [0.2, 0.25) is 0 Å². The molecular formula is C29H33N5O5. The van der Waals surface area contributed by atoms with E-state index in [1.807, 2.05) is 61.5 Å². The molecule has 39 heavy (non-hydrogen) atoms. The van der Waals surface area contributed by atoms with Crippen LogP contribution in [0.15, 0.2) is 65.6 Å². The molecule has 0 unspecified atom stereocenters. The van der Waals surface area contributed by atoms with Crippen molar-refractivity contribution in [3.63, 3.8) is 0 Å². The Morgan fingerprint density at radius 3 is 2.31 bits per heavy atom. The average Bonchev–Trinajstić information content (AvgIpc) is 3.35. The van der Waals surface area contributed by atoms with Gasteiger partial charge in [-0.15, -0.1) is 0 Å². The lowest BCUT2D eigenvalue weighted by Gasteiger charge is -2.32. The van der Waals surface area contributed by atoms with E-state index in [0.717, 1.165) is 60.8 Å². The number of hydrogen-bond acceptors (Lipinski definition) is 6. The minimum Gasteiger partial charge on any atom is -0.481 e. The van der Waals surface area contributed by atoms with Crippen molar-refractivity contribution in [2.75, 3.05) is 18.0 Å². The highest BCUT2D eigenvalue weighted by Crippen LogP contribution is 2.30. The summed E-state index contributed by atoms with van der Waals surface area (Å²) in [5, 5.41) is 17.1. The molecule has 0 saturated carbocycles. The van der Waals surface area contributed by atoms with Crippen molar-refractivity contribution < 1.29 is 19.8 Å². The van der Waals surface area contributed by atoms with Crippen LogP contribution in [0.2, 0.25) is 0 Å². The molecule has 204 valence electrons. The molecule has 0 spiro atoms. The number of piperidine rings is 1. The molecule has 3 N–H and O–H groups in total. The predicted molar refractivity (Wildman–Crippen MR) is 148 cm³/mol. The third-order valence-electron chi connectivity index (χ3n) is 6.83. The summed E-state index contributed by atoms with van der Waals surface area (Å²) >= 11 is 0. The molecule has 1 aliphatic rings. The highest BCUT2D eigenvalue weighted by atomic mass is 16.4. The normalized spacial score (nSPS) is 14.5. The Balaban J connectivity index is 0.000000826. The lowest BCUT2D eigenvalue weighted by atomic mass is 9.96. The van der Waals surface area contributed by atoms with Crippen LogP contribution in [0.3, 0.4) is 0 Å². The minimum atomic E-state index is -0.921. The number of para-hydroxylation sites is 2. The summed E-state index contributed by atoms with van der Waals surface area (Å²) in [6.45, 7) is 4.66. The third kappa shape index (κ3) is 7.10. The van der Waals surface area contributed by atoms with Gasteiger partial charge in [0.15, 0.2) is 0 Å². The molecule has 1 saturated heterocycles. The number of anilines is 1. The predicted octanol–water partition coefficient (Wildman–Crippen LogP) is 3.85. The van der Waals surface area contributed by atoms with Crippen LogP contribution in [0, 0.1) is 12.8 Å². The number of nitrogens with zero attached hydrogens (tertiary/aromatic N) is 4. The van der Waals surface area contributed by atoms with Crippen molar-refractivity contribution in [1.29, 1.82) is 0 Å². The molecule has 1 fully saturated rings. The number of nitrogens with one attached hydrogen (secondary N) is 1. The highest BCUT2D eigenvalue weighted by Gasteiger charge is 2.26. The number of carboxylic acid groups (broad SMARTS) is 2. The molecule has 1 aliphatic heterocycles. The maximum absolute atomic E-state index is 12.8. The van der Waals surface area contributed by atoms with E-state index in [9.17, 15) is 14.7 Å². The van der Waals surface area contributed by atoms with Crippen molar-refractivity contribution >= 4 is 28.8 Å². The molecule has 10 heteroatoms. The Bertz CT molecular complexity index is 1450. The van der Waals surface area contributed by atoms with E-state index in [2.05, 4.69) is 14.9 Å². The van der Waals surface area contributed by atoms with Crippen molar-refractivity contribution in [1.82, 2.24) is 19.5 Å². The van der Waals surface area contributed by atoms with Crippen LogP contribution in [0.5, 0.6) is 0 Å². The molecule has 3 heterocycles. The van der Waals surface area contributed by atoms with Crippen LogP contribution in [-0.2, 0) is 22.6 Å². The number of aliphatic carboxylic acids is 2. The zero-order valence-corrected chi connectivity index (χ0v) is 22.1. The van der Waals surface area contributed by atoms with Gasteiger partial charge in [-0.2, -0.15) is 4.98 Å². The van der Waals surface area contributed by atoms with Gasteiger partial charge in [0, 0.05) is 44.2 Å². The van der Waals surface area contributed by atoms with Crippen LogP contribution in [0.4, 0.5) is 5.82 Å². The largest absolute Gasteiger partial charge is 0.481 e. The van der Waals surface area contributed by atoms with Crippen molar-refractivity contribution in [2.24, 2.45) is 5.92 Å². The number of hydrogen-bond donors (Lipinski definition) is 3. The fourth-order valence-electron chi connectivity index (χ4n) is 4.94. The molecule has 0 radical (unpaired) electrons. The van der Waals surface area contributed by atoms with Crippen molar-refractivity contribution in [2.45, 2.75) is 45.6 Å². The number of aromatic amines is 1. The van der Waals surface area contributed by atoms with Crippen LogP contribution in [-0.4, -0.2) is 54.8 Å². The molecule has 10 nitrogen and oxygen atoms in total. The van der Waals surface area contributed by atoms with Gasteiger partial charge in [-0.1, -0.05) is 42.5 Å². The van der Waals surface area contributed by atoms with Crippen molar-refractivity contribution in [3.8, 4) is 0 Å². The van der Waals surface area contributed by atoms with Crippen molar-refractivity contribution in [3.05, 3.63) is 88.2 Å². The number of aryl methyl sites for hydroxylation is 1. The van der Waals surface area contributed by atoms with Gasteiger partial charge in [-0.25, -0.2) is 9.78 Å². The van der Waals surface area contributed by atoms with Gasteiger partial charge >= 0.3 is 11.7 Å². The van der Waals surface area contributed by atoms with E-state index in [4.69, 9.17) is 14.9 Å². The number of H-pyrrole nitrogens is 1. The Labute approximate surface area is 226 Å². The lowest BCUT2D eigenvalue weighted by molar-refractivity contribution is -0.142. The molecule has 2 aromatic heterocycles. The maximum atomic E-state index is 12.8. The topological polar surface area (TPSA) is 141 Å². The SMILES string of the molecule is CC(=O)O.Cc1cn(C[C@H](Cc2ccccc2)C(=O)O)c(=O)nc1N1CCC(c2nc3ccccc3[nH]2)CC1. The second kappa shape index (κ2) is 12.4. The van der Waals surface area contributed by atoms with E-state index >= 15 is 0 Å². The molecule has 0 amide bonds. The molecule has 1 atom stereocenters. The van der Waals surface area contributed by atoms with Crippen LogP contribution < -0.4 is 10.6 Å². The van der Waals surface area contributed by atoms with E-state index in [1.54, 1.807) is 6.20 Å². The second-order valence-electron chi connectivity index (χ2n) is 9.83. The van der Waals surface area contributed by atoms with Crippen LogP contribution >= 0.6 is 0 Å². The van der Waals surface area contributed by atoms with Gasteiger partial charge in [-0.3, -0.25) is 14.2 Å². The number of aromatic nitrogens is 4. The number of carbonyl (C=O) groups is 2. The van der Waals surface area contributed by atoms with Gasteiger partial charge in [0.25, 0.3) is 5.97 Å². The molecule has 5 rings (SSSR count). The zero-order valence-electron chi connectivity index (χ0n) is 22.1.